The maximum atomic E-state index is 4.42. The summed E-state index contributed by atoms with van der Waals surface area (Å²) in [6, 6.07) is 4.09. The highest BCUT2D eigenvalue weighted by atomic mass is 15.1. The molecule has 0 saturated carbocycles. The number of nitrogens with one attached hydrogen (secondary N) is 2. The molecule has 1 aliphatic rings. The first kappa shape index (κ1) is 14.7. The van der Waals surface area contributed by atoms with E-state index in [1.807, 2.05) is 12.3 Å². The first-order valence-corrected chi connectivity index (χ1v) is 7.70. The summed E-state index contributed by atoms with van der Waals surface area (Å²) in [7, 11) is 2.13. The molecule has 0 atom stereocenters. The van der Waals surface area contributed by atoms with Gasteiger partial charge >= 0.3 is 0 Å². The quantitative estimate of drug-likeness (QED) is 0.879. The lowest BCUT2D eigenvalue weighted by Crippen LogP contribution is -2.28. The topological polar surface area (TPSA) is 66.0 Å². The fourth-order valence-electron chi connectivity index (χ4n) is 2.68. The Labute approximate surface area is 131 Å². The van der Waals surface area contributed by atoms with Gasteiger partial charge in [-0.05, 0) is 31.7 Å². The van der Waals surface area contributed by atoms with Gasteiger partial charge < -0.3 is 15.5 Å². The zero-order valence-corrected chi connectivity index (χ0v) is 13.1. The van der Waals surface area contributed by atoms with E-state index in [4.69, 9.17) is 0 Å². The zero-order valence-electron chi connectivity index (χ0n) is 13.1. The molecule has 0 amide bonds. The molecule has 1 aliphatic heterocycles. The molecule has 6 nitrogen and oxygen atoms in total. The largest absolute Gasteiger partial charge is 0.370 e. The molecule has 0 aliphatic carbocycles. The number of pyridine rings is 1. The summed E-state index contributed by atoms with van der Waals surface area (Å²) in [5.74, 6) is 1.85. The number of hydrogen-bond donors (Lipinski definition) is 2. The molecule has 3 heterocycles. The summed E-state index contributed by atoms with van der Waals surface area (Å²) < 4.78 is 0. The Balaban J connectivity index is 1.73. The van der Waals surface area contributed by atoms with E-state index in [2.05, 4.69) is 50.5 Å². The maximum absolute atomic E-state index is 4.42. The predicted molar refractivity (Wildman–Crippen MR) is 87.8 cm³/mol. The molecular formula is C16H22N6. The average molecular weight is 298 g/mol. The lowest BCUT2D eigenvalue weighted by Gasteiger charge is -2.25. The molecule has 0 bridgehead atoms. The van der Waals surface area contributed by atoms with E-state index in [9.17, 15) is 0 Å². The lowest BCUT2D eigenvalue weighted by atomic mass is 10.1. The van der Waals surface area contributed by atoms with E-state index < -0.39 is 0 Å². The normalized spacial score (nSPS) is 14.5. The number of hydrogen-bond acceptors (Lipinski definition) is 6. The van der Waals surface area contributed by atoms with Gasteiger partial charge in [0.15, 0.2) is 0 Å². The summed E-state index contributed by atoms with van der Waals surface area (Å²) in [5, 5.41) is 6.68. The average Bonchev–Trinajstić information content (AvgIpc) is 2.53. The molecule has 0 radical (unpaired) electrons. The monoisotopic (exact) mass is 298 g/mol. The lowest BCUT2D eigenvalue weighted by molar-refractivity contribution is 0.310. The molecule has 0 unspecified atom stereocenters. The van der Waals surface area contributed by atoms with Gasteiger partial charge in [-0.3, -0.25) is 0 Å². The standard InChI is InChI=1S/C16H22N6/c1-3-17-15-8-12(4-6-18-15)9-19-16-13-10-22(2)7-5-14(13)20-11-21-16/h4,6,8,11H,3,5,7,9-10H2,1-2H3,(H,17,18)(H,19,20,21). The van der Waals surface area contributed by atoms with E-state index in [0.29, 0.717) is 0 Å². The van der Waals surface area contributed by atoms with Gasteiger partial charge in [-0.1, -0.05) is 0 Å². The maximum Gasteiger partial charge on any atom is 0.134 e. The molecule has 116 valence electrons. The number of nitrogens with zero attached hydrogens (tertiary/aromatic N) is 4. The van der Waals surface area contributed by atoms with Crippen LogP contribution in [0, 0.1) is 0 Å². The first-order valence-electron chi connectivity index (χ1n) is 7.70. The third-order valence-corrected chi connectivity index (χ3v) is 3.84. The van der Waals surface area contributed by atoms with Crippen LogP contribution in [0.5, 0.6) is 0 Å². The predicted octanol–water partition coefficient (Wildman–Crippen LogP) is 1.90. The van der Waals surface area contributed by atoms with Crippen molar-refractivity contribution in [2.45, 2.75) is 26.4 Å². The van der Waals surface area contributed by atoms with Crippen LogP contribution in [0.4, 0.5) is 11.6 Å². The van der Waals surface area contributed by atoms with Crippen molar-refractivity contribution in [3.8, 4) is 0 Å². The van der Waals surface area contributed by atoms with E-state index in [-0.39, 0.29) is 0 Å². The Morgan fingerprint density at radius 3 is 3.00 bits per heavy atom. The second kappa shape index (κ2) is 6.70. The summed E-state index contributed by atoms with van der Waals surface area (Å²) in [5.41, 5.74) is 3.57. The minimum Gasteiger partial charge on any atom is -0.370 e. The van der Waals surface area contributed by atoms with Crippen LogP contribution in [0.1, 0.15) is 23.7 Å². The van der Waals surface area contributed by atoms with Crippen LogP contribution in [-0.4, -0.2) is 40.0 Å². The molecule has 6 heteroatoms. The molecule has 0 spiro atoms. The van der Waals surface area contributed by atoms with E-state index in [0.717, 1.165) is 44.2 Å². The summed E-state index contributed by atoms with van der Waals surface area (Å²) in [4.78, 5) is 15.4. The van der Waals surface area contributed by atoms with Crippen molar-refractivity contribution in [2.75, 3.05) is 30.8 Å². The molecule has 3 rings (SSSR count). The third kappa shape index (κ3) is 3.33. The highest BCUT2D eigenvalue weighted by Crippen LogP contribution is 2.22. The minimum absolute atomic E-state index is 0.730. The van der Waals surface area contributed by atoms with Crippen molar-refractivity contribution >= 4 is 11.6 Å². The van der Waals surface area contributed by atoms with Gasteiger partial charge in [-0.25, -0.2) is 15.0 Å². The van der Waals surface area contributed by atoms with Gasteiger partial charge in [0, 0.05) is 44.4 Å². The fourth-order valence-corrected chi connectivity index (χ4v) is 2.68. The molecular weight excluding hydrogens is 276 g/mol. The van der Waals surface area contributed by atoms with Gasteiger partial charge in [0.25, 0.3) is 0 Å². The van der Waals surface area contributed by atoms with Crippen LogP contribution in [-0.2, 0) is 19.5 Å². The van der Waals surface area contributed by atoms with Crippen LogP contribution >= 0.6 is 0 Å². The number of anilines is 2. The number of aromatic nitrogens is 3. The van der Waals surface area contributed by atoms with Crippen LogP contribution in [0.2, 0.25) is 0 Å². The second-order valence-electron chi connectivity index (χ2n) is 5.57. The summed E-state index contributed by atoms with van der Waals surface area (Å²) in [6.45, 7) is 5.62. The molecule has 0 saturated heterocycles. The molecule has 0 aromatic carbocycles. The van der Waals surface area contributed by atoms with Crippen LogP contribution in [0.3, 0.4) is 0 Å². The Morgan fingerprint density at radius 2 is 2.14 bits per heavy atom. The number of rotatable bonds is 5. The van der Waals surface area contributed by atoms with E-state index >= 15 is 0 Å². The summed E-state index contributed by atoms with van der Waals surface area (Å²) in [6.07, 6.45) is 4.48. The smallest absolute Gasteiger partial charge is 0.134 e. The number of likely N-dealkylation sites (N-methyl/N-ethyl adjacent to an activating group) is 1. The first-order chi connectivity index (χ1) is 10.8. The van der Waals surface area contributed by atoms with Crippen molar-refractivity contribution in [1.29, 1.82) is 0 Å². The Morgan fingerprint density at radius 1 is 1.23 bits per heavy atom. The van der Waals surface area contributed by atoms with Gasteiger partial charge in [-0.2, -0.15) is 0 Å². The van der Waals surface area contributed by atoms with Gasteiger partial charge in [0.05, 0.1) is 5.69 Å². The SMILES string of the molecule is CCNc1cc(CNc2ncnc3c2CN(C)CC3)ccn1. The highest BCUT2D eigenvalue weighted by molar-refractivity contribution is 5.48. The van der Waals surface area contributed by atoms with Crippen LogP contribution in [0.25, 0.3) is 0 Å². The van der Waals surface area contributed by atoms with Crippen molar-refractivity contribution in [2.24, 2.45) is 0 Å². The van der Waals surface area contributed by atoms with Crippen molar-refractivity contribution in [3.05, 3.63) is 41.5 Å². The van der Waals surface area contributed by atoms with Gasteiger partial charge in [0.1, 0.15) is 18.0 Å². The second-order valence-corrected chi connectivity index (χ2v) is 5.57. The Kier molecular flexibility index (Phi) is 4.48. The zero-order chi connectivity index (χ0) is 15.4. The Bertz CT molecular complexity index is 642. The van der Waals surface area contributed by atoms with Crippen LogP contribution < -0.4 is 10.6 Å². The molecule has 2 aromatic rings. The molecule has 2 aromatic heterocycles. The molecule has 2 N–H and O–H groups in total. The van der Waals surface area contributed by atoms with Gasteiger partial charge in [-0.15, -0.1) is 0 Å². The van der Waals surface area contributed by atoms with Crippen molar-refractivity contribution < 1.29 is 0 Å². The van der Waals surface area contributed by atoms with Crippen LogP contribution in [0.15, 0.2) is 24.7 Å². The van der Waals surface area contributed by atoms with Crippen molar-refractivity contribution in [1.82, 2.24) is 19.9 Å². The number of fused-ring (bicyclic) bond motifs is 1. The fraction of sp³-hybridized carbons (Fsp3) is 0.438. The summed E-state index contributed by atoms with van der Waals surface area (Å²) >= 11 is 0. The highest BCUT2D eigenvalue weighted by Gasteiger charge is 2.18. The Hall–Kier alpha value is -2.21. The third-order valence-electron chi connectivity index (χ3n) is 3.84. The van der Waals surface area contributed by atoms with E-state index in [1.54, 1.807) is 6.33 Å². The molecule has 0 fully saturated rings. The van der Waals surface area contributed by atoms with E-state index in [1.165, 1.54) is 16.8 Å². The molecule has 22 heavy (non-hydrogen) atoms. The van der Waals surface area contributed by atoms with Crippen molar-refractivity contribution in [3.63, 3.8) is 0 Å². The minimum atomic E-state index is 0.730. The van der Waals surface area contributed by atoms with Gasteiger partial charge in [0.2, 0.25) is 0 Å².